The quantitative estimate of drug-likeness (QED) is 0.320. The van der Waals surface area contributed by atoms with Gasteiger partial charge in [-0.3, -0.25) is 4.79 Å². The molecule has 0 unspecified atom stereocenters. The van der Waals surface area contributed by atoms with Gasteiger partial charge in [0, 0.05) is 3.57 Å². The van der Waals surface area contributed by atoms with Gasteiger partial charge in [-0.25, -0.2) is 0 Å². The molecule has 0 fully saturated rings. The minimum absolute atomic E-state index is 0.0383. The van der Waals surface area contributed by atoms with Gasteiger partial charge in [-0.2, -0.15) is 5.26 Å². The lowest BCUT2D eigenvalue weighted by Gasteiger charge is -2.09. The van der Waals surface area contributed by atoms with Crippen LogP contribution in [0.15, 0.2) is 42.0 Å². The number of nitriles is 1. The van der Waals surface area contributed by atoms with E-state index in [4.69, 9.17) is 4.74 Å². The van der Waals surface area contributed by atoms with Gasteiger partial charge in [0.05, 0.1) is 15.9 Å². The number of para-hydroxylation sites is 1. The van der Waals surface area contributed by atoms with E-state index in [0.717, 1.165) is 3.57 Å². The van der Waals surface area contributed by atoms with E-state index in [1.807, 2.05) is 53.8 Å². The highest BCUT2D eigenvalue weighted by Gasteiger charge is 2.13. The van der Waals surface area contributed by atoms with Gasteiger partial charge >= 0.3 is 0 Å². The summed E-state index contributed by atoms with van der Waals surface area (Å²) < 4.78 is 6.83. The standard InChI is InChI=1S/C18H14I2N2O3/c1-2-25-16-9-11(8-14(20)17(16)23)7-12(10-21)18(24)22-15-6-4-3-5-13(15)19/h3-9,23H,2H2,1H3,(H,22,24)/b12-7-. The molecule has 0 bridgehead atoms. The molecule has 128 valence electrons. The Morgan fingerprint density at radius 3 is 2.68 bits per heavy atom. The molecule has 0 atom stereocenters. The normalized spacial score (nSPS) is 10.9. The largest absolute Gasteiger partial charge is 0.504 e. The molecule has 0 saturated heterocycles. The zero-order chi connectivity index (χ0) is 18.4. The zero-order valence-corrected chi connectivity index (χ0v) is 17.5. The molecule has 2 aromatic carbocycles. The SMILES string of the molecule is CCOc1cc(/C=C(/C#N)C(=O)Nc2ccccc2I)cc(I)c1O. The molecule has 0 spiro atoms. The Kier molecular flexibility index (Phi) is 7.07. The molecule has 1 amide bonds. The second-order valence-corrected chi connectivity index (χ2v) is 7.21. The van der Waals surface area contributed by atoms with Crippen LogP contribution in [0, 0.1) is 18.5 Å². The number of phenols is 1. The van der Waals surface area contributed by atoms with Crippen molar-refractivity contribution in [2.24, 2.45) is 0 Å². The smallest absolute Gasteiger partial charge is 0.266 e. The third kappa shape index (κ3) is 5.09. The molecule has 2 N–H and O–H groups in total. The van der Waals surface area contributed by atoms with Crippen LogP contribution in [0.25, 0.3) is 6.08 Å². The van der Waals surface area contributed by atoms with Crippen LogP contribution in [-0.2, 0) is 4.79 Å². The van der Waals surface area contributed by atoms with Crippen molar-refractivity contribution in [3.8, 4) is 17.6 Å². The number of halogens is 2. The van der Waals surface area contributed by atoms with Crippen LogP contribution >= 0.6 is 45.2 Å². The van der Waals surface area contributed by atoms with Crippen molar-refractivity contribution in [2.75, 3.05) is 11.9 Å². The highest BCUT2D eigenvalue weighted by atomic mass is 127. The third-order valence-corrected chi connectivity index (χ3v) is 4.91. The number of hydrogen-bond acceptors (Lipinski definition) is 4. The first-order valence-electron chi connectivity index (χ1n) is 7.29. The van der Waals surface area contributed by atoms with E-state index in [1.54, 1.807) is 18.2 Å². The van der Waals surface area contributed by atoms with E-state index in [2.05, 4.69) is 27.9 Å². The molecule has 0 aliphatic rings. The summed E-state index contributed by atoms with van der Waals surface area (Å²) in [6.45, 7) is 2.21. The molecular weight excluding hydrogens is 546 g/mol. The Labute approximate surface area is 173 Å². The zero-order valence-electron chi connectivity index (χ0n) is 13.2. The number of nitrogens with one attached hydrogen (secondary N) is 1. The van der Waals surface area contributed by atoms with Gasteiger partial charge in [0.2, 0.25) is 0 Å². The summed E-state index contributed by atoms with van der Waals surface area (Å²) in [5, 5.41) is 22.0. The van der Waals surface area contributed by atoms with Crippen molar-refractivity contribution in [2.45, 2.75) is 6.92 Å². The number of hydrogen-bond donors (Lipinski definition) is 2. The van der Waals surface area contributed by atoms with Crippen LogP contribution in [0.1, 0.15) is 12.5 Å². The molecule has 2 aromatic rings. The van der Waals surface area contributed by atoms with Gasteiger partial charge in [0.25, 0.3) is 5.91 Å². The lowest BCUT2D eigenvalue weighted by Crippen LogP contribution is -2.14. The number of carbonyl (C=O) groups is 1. The molecule has 25 heavy (non-hydrogen) atoms. The fraction of sp³-hybridized carbons (Fsp3) is 0.111. The van der Waals surface area contributed by atoms with Crippen molar-refractivity contribution in [3.05, 3.63) is 54.7 Å². The Balaban J connectivity index is 2.32. The molecule has 0 heterocycles. The molecule has 7 heteroatoms. The lowest BCUT2D eigenvalue weighted by molar-refractivity contribution is -0.112. The second kappa shape index (κ2) is 9.05. The number of amides is 1. The molecule has 0 saturated carbocycles. The van der Waals surface area contributed by atoms with Crippen LogP contribution in [0.3, 0.4) is 0 Å². The number of carbonyl (C=O) groups excluding carboxylic acids is 1. The summed E-state index contributed by atoms with van der Waals surface area (Å²) >= 11 is 4.08. The average molecular weight is 560 g/mol. The number of rotatable bonds is 5. The fourth-order valence-electron chi connectivity index (χ4n) is 2.01. The molecular formula is C18H14I2N2O3. The van der Waals surface area contributed by atoms with E-state index >= 15 is 0 Å². The average Bonchev–Trinajstić information content (AvgIpc) is 2.59. The van der Waals surface area contributed by atoms with Crippen molar-refractivity contribution in [1.82, 2.24) is 0 Å². The Bertz CT molecular complexity index is 873. The Morgan fingerprint density at radius 1 is 1.32 bits per heavy atom. The van der Waals surface area contributed by atoms with E-state index in [-0.39, 0.29) is 11.3 Å². The molecule has 0 aliphatic carbocycles. The fourth-order valence-corrected chi connectivity index (χ4v) is 3.16. The van der Waals surface area contributed by atoms with E-state index in [0.29, 0.717) is 27.2 Å². The van der Waals surface area contributed by atoms with Crippen LogP contribution in [0.2, 0.25) is 0 Å². The van der Waals surface area contributed by atoms with Crippen molar-refractivity contribution in [1.29, 1.82) is 5.26 Å². The van der Waals surface area contributed by atoms with E-state index in [9.17, 15) is 15.2 Å². The molecule has 2 rings (SSSR count). The van der Waals surface area contributed by atoms with E-state index in [1.165, 1.54) is 6.08 Å². The van der Waals surface area contributed by atoms with Gasteiger partial charge in [-0.15, -0.1) is 0 Å². The Hall–Kier alpha value is -1.80. The summed E-state index contributed by atoms with van der Waals surface area (Å²) in [4.78, 5) is 12.4. The van der Waals surface area contributed by atoms with E-state index < -0.39 is 5.91 Å². The minimum Gasteiger partial charge on any atom is -0.504 e. The summed E-state index contributed by atoms with van der Waals surface area (Å²) in [6.07, 6.45) is 1.47. The maximum atomic E-state index is 12.4. The number of ether oxygens (including phenoxy) is 1. The van der Waals surface area contributed by atoms with Crippen LogP contribution < -0.4 is 10.1 Å². The van der Waals surface area contributed by atoms with Gasteiger partial charge in [-0.1, -0.05) is 12.1 Å². The summed E-state index contributed by atoms with van der Waals surface area (Å²) in [5.74, 6) is -0.134. The predicted molar refractivity (Wildman–Crippen MR) is 113 cm³/mol. The number of aromatic hydroxyl groups is 1. The predicted octanol–water partition coefficient (Wildman–Crippen LogP) is 4.55. The minimum atomic E-state index is -0.493. The highest BCUT2D eigenvalue weighted by Crippen LogP contribution is 2.33. The second-order valence-electron chi connectivity index (χ2n) is 4.89. The number of nitrogens with zero attached hydrogens (tertiary/aromatic N) is 1. The first-order chi connectivity index (χ1) is 12.0. The first kappa shape index (κ1) is 19.5. The maximum absolute atomic E-state index is 12.4. The molecule has 0 radical (unpaired) electrons. The summed E-state index contributed by atoms with van der Waals surface area (Å²) in [7, 11) is 0. The third-order valence-electron chi connectivity index (χ3n) is 3.15. The maximum Gasteiger partial charge on any atom is 0.266 e. The van der Waals surface area contributed by atoms with Gasteiger partial charge < -0.3 is 15.2 Å². The summed E-state index contributed by atoms with van der Waals surface area (Å²) in [5.41, 5.74) is 1.20. The topological polar surface area (TPSA) is 82.3 Å². The molecule has 0 aromatic heterocycles. The molecule has 5 nitrogen and oxygen atoms in total. The Morgan fingerprint density at radius 2 is 2.04 bits per heavy atom. The van der Waals surface area contributed by atoms with Gasteiger partial charge in [0.15, 0.2) is 11.5 Å². The molecule has 0 aliphatic heterocycles. The van der Waals surface area contributed by atoms with Crippen molar-refractivity contribution in [3.63, 3.8) is 0 Å². The van der Waals surface area contributed by atoms with Crippen LogP contribution in [0.4, 0.5) is 5.69 Å². The number of anilines is 1. The highest BCUT2D eigenvalue weighted by molar-refractivity contribution is 14.1. The van der Waals surface area contributed by atoms with Crippen molar-refractivity contribution >= 4 is 62.9 Å². The monoisotopic (exact) mass is 560 g/mol. The van der Waals surface area contributed by atoms with Crippen LogP contribution in [0.5, 0.6) is 11.5 Å². The van der Waals surface area contributed by atoms with Gasteiger partial charge in [-0.05, 0) is 88.0 Å². The van der Waals surface area contributed by atoms with Gasteiger partial charge in [0.1, 0.15) is 11.6 Å². The lowest BCUT2D eigenvalue weighted by atomic mass is 10.1. The number of phenolic OH excluding ortho intramolecular Hbond substituents is 1. The number of benzene rings is 2. The van der Waals surface area contributed by atoms with Crippen LogP contribution in [-0.4, -0.2) is 17.6 Å². The first-order valence-corrected chi connectivity index (χ1v) is 9.45. The van der Waals surface area contributed by atoms with Crippen molar-refractivity contribution < 1.29 is 14.6 Å². The summed E-state index contributed by atoms with van der Waals surface area (Å²) in [6, 6.07) is 12.5.